The fraction of sp³-hybridized carbons (Fsp3) is 0.143. The molecule has 96 valence electrons. The molecular formula is C14H12ClN3S. The van der Waals surface area contributed by atoms with E-state index in [4.69, 9.17) is 11.6 Å². The van der Waals surface area contributed by atoms with Crippen LogP contribution in [0, 0.1) is 0 Å². The predicted octanol–water partition coefficient (Wildman–Crippen LogP) is 4.00. The molecule has 0 spiro atoms. The molecule has 0 radical (unpaired) electrons. The van der Waals surface area contributed by atoms with E-state index < -0.39 is 0 Å². The molecular weight excluding hydrogens is 278 g/mol. The first kappa shape index (κ1) is 12.4. The maximum atomic E-state index is 5.91. The van der Waals surface area contributed by atoms with Gasteiger partial charge in [0, 0.05) is 16.8 Å². The van der Waals surface area contributed by atoms with E-state index in [2.05, 4.69) is 21.6 Å². The highest BCUT2D eigenvalue weighted by Crippen LogP contribution is 2.23. The molecule has 0 atom stereocenters. The van der Waals surface area contributed by atoms with E-state index in [1.807, 2.05) is 30.3 Å². The molecule has 0 aliphatic carbocycles. The van der Waals surface area contributed by atoms with E-state index in [0.29, 0.717) is 0 Å². The zero-order valence-corrected chi connectivity index (χ0v) is 11.7. The maximum absolute atomic E-state index is 5.91. The summed E-state index contributed by atoms with van der Waals surface area (Å²) >= 11 is 7.54. The fourth-order valence-electron chi connectivity index (χ4n) is 1.95. The van der Waals surface area contributed by atoms with Gasteiger partial charge in [-0.15, -0.1) is 11.3 Å². The number of anilines is 1. The number of halogens is 1. The summed E-state index contributed by atoms with van der Waals surface area (Å²) in [5, 5.41) is 12.6. The standard InChI is InChI=1S/C14H12ClN3S/c15-14-6-5-10(19-14)7-8-16-13-9-17-18-12-4-2-1-3-11(12)13/h1-6,9H,7-8H2,(H,16,18). The van der Waals surface area contributed by atoms with E-state index in [1.54, 1.807) is 17.5 Å². The Hall–Kier alpha value is -1.65. The van der Waals surface area contributed by atoms with Crippen LogP contribution in [0.2, 0.25) is 4.34 Å². The van der Waals surface area contributed by atoms with Crippen LogP contribution in [-0.4, -0.2) is 16.7 Å². The number of nitrogens with one attached hydrogen (secondary N) is 1. The lowest BCUT2D eigenvalue weighted by Crippen LogP contribution is -2.05. The Bertz CT molecular complexity index is 690. The van der Waals surface area contributed by atoms with Crippen molar-refractivity contribution in [2.45, 2.75) is 6.42 Å². The molecule has 0 aliphatic heterocycles. The summed E-state index contributed by atoms with van der Waals surface area (Å²) in [4.78, 5) is 1.28. The number of fused-ring (bicyclic) bond motifs is 1. The Balaban J connectivity index is 1.71. The third-order valence-electron chi connectivity index (χ3n) is 2.86. The number of aromatic nitrogens is 2. The van der Waals surface area contributed by atoms with Crippen LogP contribution in [0.4, 0.5) is 5.69 Å². The first-order chi connectivity index (χ1) is 9.33. The van der Waals surface area contributed by atoms with Gasteiger partial charge in [0.05, 0.1) is 21.7 Å². The number of benzene rings is 1. The number of rotatable bonds is 4. The molecule has 0 fully saturated rings. The zero-order chi connectivity index (χ0) is 13.1. The predicted molar refractivity (Wildman–Crippen MR) is 81.1 cm³/mol. The highest BCUT2D eigenvalue weighted by Gasteiger charge is 2.02. The molecule has 0 saturated carbocycles. The van der Waals surface area contributed by atoms with E-state index in [-0.39, 0.29) is 0 Å². The van der Waals surface area contributed by atoms with Gasteiger partial charge >= 0.3 is 0 Å². The molecule has 0 aliphatic rings. The van der Waals surface area contributed by atoms with Gasteiger partial charge in [-0.25, -0.2) is 0 Å². The van der Waals surface area contributed by atoms with E-state index >= 15 is 0 Å². The maximum Gasteiger partial charge on any atom is 0.0950 e. The number of thiophene rings is 1. The van der Waals surface area contributed by atoms with Crippen LogP contribution < -0.4 is 5.32 Å². The Morgan fingerprint density at radius 3 is 2.89 bits per heavy atom. The van der Waals surface area contributed by atoms with Crippen molar-refractivity contribution in [1.29, 1.82) is 0 Å². The van der Waals surface area contributed by atoms with Crippen molar-refractivity contribution in [2.24, 2.45) is 0 Å². The normalized spacial score (nSPS) is 10.8. The smallest absolute Gasteiger partial charge is 0.0950 e. The van der Waals surface area contributed by atoms with Crippen LogP contribution in [-0.2, 0) is 6.42 Å². The Morgan fingerprint density at radius 1 is 1.16 bits per heavy atom. The Labute approximate surface area is 120 Å². The lowest BCUT2D eigenvalue weighted by atomic mass is 10.2. The highest BCUT2D eigenvalue weighted by molar-refractivity contribution is 7.16. The topological polar surface area (TPSA) is 37.8 Å². The molecule has 0 bridgehead atoms. The van der Waals surface area contributed by atoms with Gasteiger partial charge in [-0.05, 0) is 24.6 Å². The van der Waals surface area contributed by atoms with Gasteiger partial charge in [-0.1, -0.05) is 29.8 Å². The summed E-state index contributed by atoms with van der Waals surface area (Å²) in [6.45, 7) is 0.854. The molecule has 5 heteroatoms. The summed E-state index contributed by atoms with van der Waals surface area (Å²) in [5.41, 5.74) is 1.93. The quantitative estimate of drug-likeness (QED) is 0.789. The Kier molecular flexibility index (Phi) is 3.62. The van der Waals surface area contributed by atoms with E-state index in [0.717, 1.165) is 33.9 Å². The molecule has 2 aromatic heterocycles. The van der Waals surface area contributed by atoms with Crippen LogP contribution in [0.3, 0.4) is 0 Å². The second-order valence-electron chi connectivity index (χ2n) is 4.16. The lowest BCUT2D eigenvalue weighted by Gasteiger charge is -2.07. The third kappa shape index (κ3) is 2.85. The van der Waals surface area contributed by atoms with Crippen molar-refractivity contribution >= 4 is 39.5 Å². The van der Waals surface area contributed by atoms with Crippen molar-refractivity contribution in [2.75, 3.05) is 11.9 Å². The van der Waals surface area contributed by atoms with Gasteiger partial charge in [-0.2, -0.15) is 10.2 Å². The van der Waals surface area contributed by atoms with Crippen LogP contribution in [0.1, 0.15) is 4.88 Å². The van der Waals surface area contributed by atoms with Crippen molar-refractivity contribution < 1.29 is 0 Å². The summed E-state index contributed by atoms with van der Waals surface area (Å²) in [7, 11) is 0. The van der Waals surface area contributed by atoms with E-state index in [9.17, 15) is 0 Å². The molecule has 3 nitrogen and oxygen atoms in total. The molecule has 2 heterocycles. The zero-order valence-electron chi connectivity index (χ0n) is 10.1. The number of nitrogens with zero attached hydrogens (tertiary/aromatic N) is 2. The minimum atomic E-state index is 0.839. The summed E-state index contributed by atoms with van der Waals surface area (Å²) in [6.07, 6.45) is 2.72. The molecule has 0 unspecified atom stereocenters. The molecule has 19 heavy (non-hydrogen) atoms. The number of hydrogen-bond donors (Lipinski definition) is 1. The fourth-order valence-corrected chi connectivity index (χ4v) is 3.04. The largest absolute Gasteiger partial charge is 0.383 e. The van der Waals surface area contributed by atoms with E-state index in [1.165, 1.54) is 4.88 Å². The van der Waals surface area contributed by atoms with Crippen LogP contribution in [0.5, 0.6) is 0 Å². The van der Waals surface area contributed by atoms with Crippen molar-refractivity contribution in [3.63, 3.8) is 0 Å². The minimum absolute atomic E-state index is 0.839. The van der Waals surface area contributed by atoms with Gasteiger partial charge in [0.2, 0.25) is 0 Å². The highest BCUT2D eigenvalue weighted by atomic mass is 35.5. The molecule has 0 saturated heterocycles. The molecule has 1 aromatic carbocycles. The van der Waals surface area contributed by atoms with Crippen molar-refractivity contribution in [1.82, 2.24) is 10.2 Å². The monoisotopic (exact) mass is 289 g/mol. The van der Waals surface area contributed by atoms with Gasteiger partial charge in [0.25, 0.3) is 0 Å². The van der Waals surface area contributed by atoms with Crippen LogP contribution in [0.25, 0.3) is 10.9 Å². The van der Waals surface area contributed by atoms with Crippen LogP contribution >= 0.6 is 22.9 Å². The summed E-state index contributed by atoms with van der Waals surface area (Å²) in [5.74, 6) is 0. The molecule has 0 amide bonds. The van der Waals surface area contributed by atoms with Gasteiger partial charge in [0.1, 0.15) is 0 Å². The van der Waals surface area contributed by atoms with Gasteiger partial charge < -0.3 is 5.32 Å². The molecule has 3 rings (SSSR count). The first-order valence-corrected chi connectivity index (χ1v) is 7.21. The number of hydrogen-bond acceptors (Lipinski definition) is 4. The van der Waals surface area contributed by atoms with Gasteiger partial charge in [-0.3, -0.25) is 0 Å². The lowest BCUT2D eigenvalue weighted by molar-refractivity contribution is 1.03. The Morgan fingerprint density at radius 2 is 2.05 bits per heavy atom. The summed E-state index contributed by atoms with van der Waals surface area (Å²) < 4.78 is 0.839. The van der Waals surface area contributed by atoms with Gasteiger partial charge in [0.15, 0.2) is 0 Å². The average molecular weight is 290 g/mol. The van der Waals surface area contributed by atoms with Crippen molar-refractivity contribution in [3.05, 3.63) is 51.8 Å². The molecule has 3 aromatic rings. The van der Waals surface area contributed by atoms with Crippen LogP contribution in [0.15, 0.2) is 42.6 Å². The average Bonchev–Trinajstić information content (AvgIpc) is 2.85. The molecule has 1 N–H and O–H groups in total. The second kappa shape index (κ2) is 5.55. The second-order valence-corrected chi connectivity index (χ2v) is 5.96. The third-order valence-corrected chi connectivity index (χ3v) is 4.15. The SMILES string of the molecule is Clc1ccc(CCNc2cnnc3ccccc23)s1. The minimum Gasteiger partial charge on any atom is -0.383 e. The van der Waals surface area contributed by atoms with Crippen molar-refractivity contribution in [3.8, 4) is 0 Å². The summed E-state index contributed by atoms with van der Waals surface area (Å²) in [6, 6.07) is 12.0. The first-order valence-electron chi connectivity index (χ1n) is 6.01.